The summed E-state index contributed by atoms with van der Waals surface area (Å²) in [6, 6.07) is 8.06. The second kappa shape index (κ2) is 10.5. The van der Waals surface area contributed by atoms with Crippen LogP contribution in [0.5, 0.6) is 0 Å². The zero-order valence-corrected chi connectivity index (χ0v) is 13.7. The van der Waals surface area contributed by atoms with Crippen molar-refractivity contribution in [1.29, 1.82) is 0 Å². The summed E-state index contributed by atoms with van der Waals surface area (Å²) in [6.45, 7) is 6.00. The van der Waals surface area contributed by atoms with Gasteiger partial charge >= 0.3 is 0 Å². The van der Waals surface area contributed by atoms with Gasteiger partial charge in [0, 0.05) is 43.4 Å². The van der Waals surface area contributed by atoms with E-state index >= 15 is 0 Å². The Bertz CT molecular complexity index is 356. The zero-order chi connectivity index (χ0) is 12.8. The highest BCUT2D eigenvalue weighted by atomic mass is 35.5. The van der Waals surface area contributed by atoms with E-state index in [1.54, 1.807) is 0 Å². The van der Waals surface area contributed by atoms with Gasteiger partial charge in [-0.05, 0) is 30.7 Å². The van der Waals surface area contributed by atoms with Gasteiger partial charge in [-0.15, -0.1) is 24.8 Å². The van der Waals surface area contributed by atoms with Crippen molar-refractivity contribution in [3.8, 4) is 0 Å². The van der Waals surface area contributed by atoms with E-state index < -0.39 is 0 Å². The molecule has 116 valence electrons. The molecule has 0 radical (unpaired) electrons. The lowest BCUT2D eigenvalue weighted by Gasteiger charge is -2.36. The van der Waals surface area contributed by atoms with E-state index in [1.165, 1.54) is 5.69 Å². The number of piperazine rings is 1. The quantitative estimate of drug-likeness (QED) is 0.660. The Kier molecular flexibility index (Phi) is 10.4. The van der Waals surface area contributed by atoms with Gasteiger partial charge in [-0.3, -0.25) is 4.90 Å². The minimum absolute atomic E-state index is 0. The van der Waals surface area contributed by atoms with E-state index in [-0.39, 0.29) is 24.8 Å². The summed E-state index contributed by atoms with van der Waals surface area (Å²) in [4.78, 5) is 9.43. The Balaban J connectivity index is 0.00000180. The Morgan fingerprint density at radius 2 is 1.65 bits per heavy atom. The number of halogens is 3. The summed E-state index contributed by atoms with van der Waals surface area (Å²) in [5.41, 5.74) is 1.25. The van der Waals surface area contributed by atoms with Crippen LogP contribution in [0.15, 0.2) is 24.3 Å². The second-order valence-electron chi connectivity index (χ2n) is 4.53. The average Bonchev–Trinajstić information content (AvgIpc) is 2.41. The first kappa shape index (κ1) is 19.8. The van der Waals surface area contributed by atoms with Gasteiger partial charge < -0.3 is 9.74 Å². The number of hydrogen-bond acceptors (Lipinski definition) is 4. The standard InChI is InChI=1S/C13H20ClN3O.2ClH/c14-12-2-4-13(5-3-12)17-9-7-16(8-10-17)6-1-11-18-15;;/h2-5H,1,6-11,15H2;2*1H. The maximum atomic E-state index is 5.90. The summed E-state index contributed by atoms with van der Waals surface area (Å²) in [7, 11) is 0. The molecule has 1 aromatic carbocycles. The zero-order valence-electron chi connectivity index (χ0n) is 11.3. The van der Waals surface area contributed by atoms with Gasteiger partial charge in [0.2, 0.25) is 0 Å². The van der Waals surface area contributed by atoms with Crippen LogP contribution in [0.4, 0.5) is 5.69 Å². The van der Waals surface area contributed by atoms with Crippen molar-refractivity contribution in [2.45, 2.75) is 6.42 Å². The van der Waals surface area contributed by atoms with E-state index in [1.807, 2.05) is 12.1 Å². The summed E-state index contributed by atoms with van der Waals surface area (Å²) in [5, 5.41) is 0.791. The molecule has 1 aliphatic rings. The normalized spacial score (nSPS) is 15.4. The molecule has 1 aromatic rings. The smallest absolute Gasteiger partial charge is 0.0691 e. The largest absolute Gasteiger partial charge is 0.369 e. The molecule has 0 aromatic heterocycles. The maximum absolute atomic E-state index is 5.90. The number of hydrogen-bond donors (Lipinski definition) is 1. The van der Waals surface area contributed by atoms with Crippen molar-refractivity contribution in [2.24, 2.45) is 5.90 Å². The monoisotopic (exact) mass is 341 g/mol. The van der Waals surface area contributed by atoms with Crippen LogP contribution >= 0.6 is 36.4 Å². The van der Waals surface area contributed by atoms with Crippen LogP contribution in [0.1, 0.15) is 6.42 Å². The van der Waals surface area contributed by atoms with E-state index in [0.29, 0.717) is 6.61 Å². The summed E-state index contributed by atoms with van der Waals surface area (Å²) in [5.74, 6) is 5.02. The molecule has 2 N–H and O–H groups in total. The molecular formula is C13H22Cl3N3O. The predicted molar refractivity (Wildman–Crippen MR) is 89.4 cm³/mol. The Morgan fingerprint density at radius 1 is 1.05 bits per heavy atom. The molecule has 1 aliphatic heterocycles. The predicted octanol–water partition coefficient (Wildman–Crippen LogP) is 2.59. The first-order chi connectivity index (χ1) is 8.79. The molecule has 0 unspecified atom stereocenters. The molecule has 1 heterocycles. The topological polar surface area (TPSA) is 41.7 Å². The van der Waals surface area contributed by atoms with Gasteiger partial charge in [0.05, 0.1) is 6.61 Å². The van der Waals surface area contributed by atoms with Crippen LogP contribution in [0.25, 0.3) is 0 Å². The highest BCUT2D eigenvalue weighted by Gasteiger charge is 2.16. The van der Waals surface area contributed by atoms with Crippen LogP contribution < -0.4 is 10.8 Å². The molecule has 0 saturated carbocycles. The molecule has 0 bridgehead atoms. The number of nitrogens with two attached hydrogens (primary N) is 1. The minimum Gasteiger partial charge on any atom is -0.369 e. The number of rotatable bonds is 5. The van der Waals surface area contributed by atoms with Crippen molar-refractivity contribution >= 4 is 42.1 Å². The first-order valence-corrected chi connectivity index (χ1v) is 6.72. The number of nitrogens with zero attached hydrogens (tertiary/aromatic N) is 2. The summed E-state index contributed by atoms with van der Waals surface area (Å²) < 4.78 is 0. The highest BCUT2D eigenvalue weighted by molar-refractivity contribution is 6.30. The summed E-state index contributed by atoms with van der Waals surface area (Å²) in [6.07, 6.45) is 0.997. The van der Waals surface area contributed by atoms with Crippen LogP contribution in [0.2, 0.25) is 5.02 Å². The van der Waals surface area contributed by atoms with Gasteiger partial charge in [-0.25, -0.2) is 5.90 Å². The minimum atomic E-state index is 0. The van der Waals surface area contributed by atoms with Crippen molar-refractivity contribution in [2.75, 3.05) is 44.2 Å². The third-order valence-electron chi connectivity index (χ3n) is 3.30. The van der Waals surface area contributed by atoms with E-state index in [9.17, 15) is 0 Å². The van der Waals surface area contributed by atoms with Crippen LogP contribution in [0.3, 0.4) is 0 Å². The molecule has 1 saturated heterocycles. The van der Waals surface area contributed by atoms with E-state index in [4.69, 9.17) is 17.5 Å². The molecule has 1 fully saturated rings. The third kappa shape index (κ3) is 6.04. The Morgan fingerprint density at radius 3 is 2.20 bits per heavy atom. The lowest BCUT2D eigenvalue weighted by Crippen LogP contribution is -2.46. The summed E-state index contributed by atoms with van der Waals surface area (Å²) >= 11 is 5.90. The van der Waals surface area contributed by atoms with Crippen molar-refractivity contribution in [1.82, 2.24) is 4.90 Å². The second-order valence-corrected chi connectivity index (χ2v) is 4.97. The van der Waals surface area contributed by atoms with Gasteiger partial charge in [0.25, 0.3) is 0 Å². The van der Waals surface area contributed by atoms with Crippen molar-refractivity contribution in [3.63, 3.8) is 0 Å². The molecule has 0 amide bonds. The molecule has 4 nitrogen and oxygen atoms in total. The molecular weight excluding hydrogens is 321 g/mol. The van der Waals surface area contributed by atoms with Gasteiger partial charge in [-0.1, -0.05) is 11.6 Å². The first-order valence-electron chi connectivity index (χ1n) is 6.34. The molecule has 0 spiro atoms. The van der Waals surface area contributed by atoms with E-state index in [0.717, 1.165) is 44.2 Å². The SMILES string of the molecule is Cl.Cl.NOCCCN1CCN(c2ccc(Cl)cc2)CC1. The van der Waals surface area contributed by atoms with Crippen molar-refractivity contribution in [3.05, 3.63) is 29.3 Å². The molecule has 2 rings (SSSR count). The van der Waals surface area contributed by atoms with Gasteiger partial charge in [0.15, 0.2) is 0 Å². The fourth-order valence-electron chi connectivity index (χ4n) is 2.25. The van der Waals surface area contributed by atoms with Crippen molar-refractivity contribution < 1.29 is 4.84 Å². The average molecular weight is 343 g/mol. The van der Waals surface area contributed by atoms with Gasteiger partial charge in [0.1, 0.15) is 0 Å². The van der Waals surface area contributed by atoms with E-state index in [2.05, 4.69) is 26.8 Å². The third-order valence-corrected chi connectivity index (χ3v) is 3.55. The molecule has 0 atom stereocenters. The molecule has 20 heavy (non-hydrogen) atoms. The van der Waals surface area contributed by atoms with Crippen LogP contribution in [0, 0.1) is 0 Å². The fraction of sp³-hybridized carbons (Fsp3) is 0.538. The number of anilines is 1. The molecule has 0 aliphatic carbocycles. The number of benzene rings is 1. The Labute approximate surface area is 138 Å². The maximum Gasteiger partial charge on any atom is 0.0691 e. The highest BCUT2D eigenvalue weighted by Crippen LogP contribution is 2.19. The molecule has 7 heteroatoms. The van der Waals surface area contributed by atoms with Crippen LogP contribution in [-0.4, -0.2) is 44.2 Å². The lowest BCUT2D eigenvalue weighted by atomic mass is 10.2. The fourth-order valence-corrected chi connectivity index (χ4v) is 2.38. The van der Waals surface area contributed by atoms with Gasteiger partial charge in [-0.2, -0.15) is 0 Å². The van der Waals surface area contributed by atoms with Crippen LogP contribution in [-0.2, 0) is 4.84 Å². The lowest BCUT2D eigenvalue weighted by molar-refractivity contribution is 0.122. The Hall–Kier alpha value is -0.230.